The molecule has 0 bridgehead atoms. The molecule has 0 aliphatic carbocycles. The molecule has 1 aromatic heterocycles. The summed E-state index contributed by atoms with van der Waals surface area (Å²) in [5.74, 6) is -1.02. The molecule has 1 fully saturated rings. The van der Waals surface area contributed by atoms with Crippen LogP contribution < -0.4 is 0 Å². The molecule has 9 heteroatoms. The van der Waals surface area contributed by atoms with Crippen LogP contribution >= 0.6 is 15.9 Å². The second-order valence-electron chi connectivity index (χ2n) is 4.29. The Balaban J connectivity index is 2.19. The number of carboxylic acids is 1. The lowest BCUT2D eigenvalue weighted by Gasteiger charge is -2.31. The maximum absolute atomic E-state index is 12.4. The third-order valence-electron chi connectivity index (χ3n) is 2.82. The molecule has 1 unspecified atom stereocenters. The first kappa shape index (κ1) is 15.4. The molecular weight excluding hydrogens is 352 g/mol. The highest BCUT2D eigenvalue weighted by Crippen LogP contribution is 2.21. The van der Waals surface area contributed by atoms with Crippen molar-refractivity contribution in [2.75, 3.05) is 19.7 Å². The van der Waals surface area contributed by atoms with Crippen LogP contribution in [0.25, 0.3) is 0 Å². The van der Waals surface area contributed by atoms with Crippen molar-refractivity contribution in [3.63, 3.8) is 0 Å². The highest BCUT2D eigenvalue weighted by molar-refractivity contribution is 9.10. The molecule has 0 saturated carbocycles. The monoisotopic (exact) mass is 364 g/mol. The number of sulfonamides is 1. The van der Waals surface area contributed by atoms with Crippen LogP contribution in [0.15, 0.2) is 27.8 Å². The first-order valence-corrected chi connectivity index (χ1v) is 8.07. The van der Waals surface area contributed by atoms with E-state index in [1.165, 1.54) is 22.8 Å². The van der Waals surface area contributed by atoms with Gasteiger partial charge in [-0.25, -0.2) is 8.42 Å². The zero-order valence-corrected chi connectivity index (χ0v) is 12.8. The summed E-state index contributed by atoms with van der Waals surface area (Å²) in [7, 11) is -3.69. The van der Waals surface area contributed by atoms with Gasteiger partial charge in [-0.2, -0.15) is 4.31 Å². The number of halogens is 1. The number of pyridine rings is 1. The molecule has 2 rings (SSSR count). The van der Waals surface area contributed by atoms with Gasteiger partial charge in [0.2, 0.25) is 10.0 Å². The first-order chi connectivity index (χ1) is 9.39. The van der Waals surface area contributed by atoms with Crippen molar-refractivity contribution in [1.29, 1.82) is 0 Å². The van der Waals surface area contributed by atoms with E-state index in [-0.39, 0.29) is 31.0 Å². The van der Waals surface area contributed by atoms with E-state index in [0.717, 1.165) is 0 Å². The molecular formula is C11H13BrN2O5S. The van der Waals surface area contributed by atoms with Crippen molar-refractivity contribution in [1.82, 2.24) is 9.29 Å². The maximum Gasteiger partial charge on any atom is 0.306 e. The Morgan fingerprint density at radius 2 is 2.30 bits per heavy atom. The second-order valence-corrected chi connectivity index (χ2v) is 7.15. The number of aromatic nitrogens is 1. The molecule has 20 heavy (non-hydrogen) atoms. The van der Waals surface area contributed by atoms with Crippen LogP contribution in [0, 0.1) is 0 Å². The van der Waals surface area contributed by atoms with Crippen molar-refractivity contribution in [3.8, 4) is 0 Å². The van der Waals surface area contributed by atoms with Crippen molar-refractivity contribution < 1.29 is 23.1 Å². The maximum atomic E-state index is 12.4. The predicted octanol–water partition coefficient (Wildman–Crippen LogP) is 0.708. The van der Waals surface area contributed by atoms with Crippen molar-refractivity contribution in [2.24, 2.45) is 0 Å². The average Bonchev–Trinajstić information content (AvgIpc) is 2.38. The molecule has 1 aromatic rings. The SMILES string of the molecule is O=C(O)CC1CN(S(=O)(=O)c2cncc(Br)c2)CCO1. The van der Waals surface area contributed by atoms with E-state index >= 15 is 0 Å². The van der Waals surface area contributed by atoms with Gasteiger partial charge in [-0.15, -0.1) is 0 Å². The molecule has 1 aliphatic heterocycles. The van der Waals surface area contributed by atoms with E-state index in [9.17, 15) is 13.2 Å². The number of carbonyl (C=O) groups is 1. The summed E-state index contributed by atoms with van der Waals surface area (Å²) < 4.78 is 31.9. The summed E-state index contributed by atoms with van der Waals surface area (Å²) in [5, 5.41) is 8.74. The van der Waals surface area contributed by atoms with Gasteiger partial charge < -0.3 is 9.84 Å². The number of ether oxygens (including phenoxy) is 1. The van der Waals surface area contributed by atoms with E-state index in [4.69, 9.17) is 9.84 Å². The van der Waals surface area contributed by atoms with Crippen LogP contribution in [-0.2, 0) is 19.6 Å². The zero-order chi connectivity index (χ0) is 14.8. The lowest BCUT2D eigenvalue weighted by molar-refractivity contribution is -0.141. The summed E-state index contributed by atoms with van der Waals surface area (Å²) in [6.45, 7) is 0.407. The quantitative estimate of drug-likeness (QED) is 0.844. The molecule has 1 N–H and O–H groups in total. The fourth-order valence-corrected chi connectivity index (χ4v) is 3.87. The summed E-state index contributed by atoms with van der Waals surface area (Å²) in [6, 6.07) is 1.46. The van der Waals surface area contributed by atoms with Crippen LogP contribution in [0.5, 0.6) is 0 Å². The van der Waals surface area contributed by atoms with Crippen molar-refractivity contribution >= 4 is 31.9 Å². The van der Waals surface area contributed by atoms with E-state index < -0.39 is 22.1 Å². The minimum atomic E-state index is -3.69. The number of hydrogen-bond donors (Lipinski definition) is 1. The highest BCUT2D eigenvalue weighted by Gasteiger charge is 2.32. The lowest BCUT2D eigenvalue weighted by atomic mass is 10.2. The highest BCUT2D eigenvalue weighted by atomic mass is 79.9. The smallest absolute Gasteiger partial charge is 0.306 e. The van der Waals surface area contributed by atoms with E-state index in [2.05, 4.69) is 20.9 Å². The van der Waals surface area contributed by atoms with Gasteiger partial charge in [-0.05, 0) is 22.0 Å². The Morgan fingerprint density at radius 1 is 1.55 bits per heavy atom. The van der Waals surface area contributed by atoms with Crippen LogP contribution in [0.4, 0.5) is 0 Å². The van der Waals surface area contributed by atoms with Gasteiger partial charge in [0.05, 0.1) is 19.1 Å². The molecule has 7 nitrogen and oxygen atoms in total. The topological polar surface area (TPSA) is 96.8 Å². The molecule has 2 heterocycles. The van der Waals surface area contributed by atoms with Crippen LogP contribution in [-0.4, -0.2) is 54.6 Å². The van der Waals surface area contributed by atoms with Gasteiger partial charge in [0.15, 0.2) is 0 Å². The average molecular weight is 365 g/mol. The number of carboxylic acid groups (broad SMARTS) is 1. The summed E-state index contributed by atoms with van der Waals surface area (Å²) in [4.78, 5) is 14.6. The van der Waals surface area contributed by atoms with Gasteiger partial charge >= 0.3 is 5.97 Å². The number of rotatable bonds is 4. The Labute approximate surface area is 124 Å². The second kappa shape index (κ2) is 6.17. The van der Waals surface area contributed by atoms with E-state index in [0.29, 0.717) is 4.47 Å². The van der Waals surface area contributed by atoms with Crippen LogP contribution in [0.1, 0.15) is 6.42 Å². The van der Waals surface area contributed by atoms with Crippen LogP contribution in [0.3, 0.4) is 0 Å². The van der Waals surface area contributed by atoms with E-state index in [1.54, 1.807) is 0 Å². The molecule has 1 aliphatic rings. The third-order valence-corrected chi connectivity index (χ3v) is 5.09. The fourth-order valence-electron chi connectivity index (χ4n) is 1.91. The molecule has 110 valence electrons. The first-order valence-electron chi connectivity index (χ1n) is 5.83. The standard InChI is InChI=1S/C11H13BrN2O5S/c12-8-3-10(6-13-5-8)20(17,18)14-1-2-19-9(7-14)4-11(15)16/h3,5-6,9H,1-2,4,7H2,(H,15,16). The van der Waals surface area contributed by atoms with Crippen molar-refractivity contribution in [3.05, 3.63) is 22.9 Å². The number of nitrogens with zero attached hydrogens (tertiary/aromatic N) is 2. The number of aliphatic carboxylic acids is 1. The van der Waals surface area contributed by atoms with Gasteiger partial charge in [-0.1, -0.05) is 0 Å². The predicted molar refractivity (Wildman–Crippen MR) is 72.7 cm³/mol. The zero-order valence-electron chi connectivity index (χ0n) is 10.4. The number of hydrogen-bond acceptors (Lipinski definition) is 5. The third kappa shape index (κ3) is 3.54. The van der Waals surface area contributed by atoms with Gasteiger partial charge in [0.25, 0.3) is 0 Å². The number of morpholine rings is 1. The molecule has 0 radical (unpaired) electrons. The Bertz CT molecular complexity index is 607. The normalized spacial score (nSPS) is 20.8. The van der Waals surface area contributed by atoms with E-state index in [1.807, 2.05) is 0 Å². The largest absolute Gasteiger partial charge is 0.481 e. The summed E-state index contributed by atoms with van der Waals surface area (Å²) >= 11 is 3.18. The molecule has 1 saturated heterocycles. The summed E-state index contributed by atoms with van der Waals surface area (Å²) in [6.07, 6.45) is 1.91. The van der Waals surface area contributed by atoms with Gasteiger partial charge in [-0.3, -0.25) is 9.78 Å². The summed E-state index contributed by atoms with van der Waals surface area (Å²) in [5.41, 5.74) is 0. The van der Waals surface area contributed by atoms with Gasteiger partial charge in [0.1, 0.15) is 4.90 Å². The molecule has 1 atom stereocenters. The fraction of sp³-hybridized carbons (Fsp3) is 0.455. The Hall–Kier alpha value is -1.03. The minimum Gasteiger partial charge on any atom is -0.481 e. The molecule has 0 amide bonds. The van der Waals surface area contributed by atoms with Crippen LogP contribution in [0.2, 0.25) is 0 Å². The Morgan fingerprint density at radius 3 is 2.95 bits per heavy atom. The molecule has 0 spiro atoms. The Kier molecular flexibility index (Phi) is 4.74. The minimum absolute atomic E-state index is 0.0289. The molecule has 0 aromatic carbocycles. The van der Waals surface area contributed by atoms with Gasteiger partial charge in [0, 0.05) is 30.0 Å². The van der Waals surface area contributed by atoms with Crippen molar-refractivity contribution in [2.45, 2.75) is 17.4 Å². The lowest BCUT2D eigenvalue weighted by Crippen LogP contribution is -2.46.